The van der Waals surface area contributed by atoms with Crippen LogP contribution in [0, 0.1) is 0 Å². The van der Waals surface area contributed by atoms with Crippen molar-refractivity contribution in [2.75, 3.05) is 0 Å². The van der Waals surface area contributed by atoms with Gasteiger partial charge in [-0.15, -0.1) is 0 Å². The van der Waals surface area contributed by atoms with Crippen LogP contribution in [0.15, 0.2) is 48.6 Å². The molecule has 0 spiro atoms. The predicted octanol–water partition coefficient (Wildman–Crippen LogP) is 3.02. The van der Waals surface area contributed by atoms with E-state index in [0.29, 0.717) is 10.8 Å². The average molecular weight is 256 g/mol. The van der Waals surface area contributed by atoms with Crippen LogP contribution in [0.25, 0.3) is 10.8 Å². The third kappa shape index (κ3) is 2.63. The Kier molecular flexibility index (Phi) is 3.33. The van der Waals surface area contributed by atoms with Crippen molar-refractivity contribution < 1.29 is 19.4 Å². The molecule has 0 heterocycles. The van der Waals surface area contributed by atoms with Crippen molar-refractivity contribution in [3.05, 3.63) is 54.1 Å². The van der Waals surface area contributed by atoms with E-state index in [4.69, 9.17) is 9.84 Å². The summed E-state index contributed by atoms with van der Waals surface area (Å²) in [6.07, 6.45) is 0. The molecular formula is C15H12O4. The van der Waals surface area contributed by atoms with E-state index in [1.165, 1.54) is 19.1 Å². The summed E-state index contributed by atoms with van der Waals surface area (Å²) in [5.41, 5.74) is 0.327. The zero-order valence-corrected chi connectivity index (χ0v) is 10.3. The lowest BCUT2D eigenvalue weighted by Gasteiger charge is -2.09. The molecule has 96 valence electrons. The SMILES string of the molecule is C=C(C)C(=O)Oc1cc(C(=O)O)cc2ccccc12. The molecule has 0 aliphatic rings. The van der Waals surface area contributed by atoms with Gasteiger partial charge in [-0.05, 0) is 24.4 Å². The maximum atomic E-state index is 11.6. The number of hydrogen-bond donors (Lipinski definition) is 1. The lowest BCUT2D eigenvalue weighted by Crippen LogP contribution is -2.09. The van der Waals surface area contributed by atoms with Crippen molar-refractivity contribution in [1.29, 1.82) is 0 Å². The van der Waals surface area contributed by atoms with Crippen LogP contribution in [0.1, 0.15) is 17.3 Å². The quantitative estimate of drug-likeness (QED) is 0.521. The number of fused-ring (bicyclic) bond motifs is 1. The summed E-state index contributed by atoms with van der Waals surface area (Å²) in [5, 5.41) is 10.4. The molecule has 2 rings (SSSR count). The van der Waals surface area contributed by atoms with Crippen molar-refractivity contribution in [2.45, 2.75) is 6.92 Å². The molecular weight excluding hydrogens is 244 g/mol. The number of rotatable bonds is 3. The first-order valence-electron chi connectivity index (χ1n) is 5.63. The molecule has 0 unspecified atom stereocenters. The highest BCUT2D eigenvalue weighted by Crippen LogP contribution is 2.28. The fourth-order valence-corrected chi connectivity index (χ4v) is 1.67. The first-order chi connectivity index (χ1) is 8.99. The van der Waals surface area contributed by atoms with Crippen LogP contribution in [0.3, 0.4) is 0 Å². The number of aromatic carboxylic acids is 1. The maximum Gasteiger partial charge on any atom is 0.338 e. The first kappa shape index (κ1) is 12.8. The topological polar surface area (TPSA) is 63.6 Å². The van der Waals surface area contributed by atoms with Crippen molar-refractivity contribution >= 4 is 22.7 Å². The molecule has 0 aromatic heterocycles. The smallest absolute Gasteiger partial charge is 0.338 e. The van der Waals surface area contributed by atoms with Crippen molar-refractivity contribution in [2.24, 2.45) is 0 Å². The molecule has 4 nitrogen and oxygen atoms in total. The van der Waals surface area contributed by atoms with Gasteiger partial charge in [0.15, 0.2) is 0 Å². The van der Waals surface area contributed by atoms with Gasteiger partial charge in [0.2, 0.25) is 0 Å². The van der Waals surface area contributed by atoms with Crippen LogP contribution in [0.5, 0.6) is 5.75 Å². The van der Waals surface area contributed by atoms with E-state index in [1.807, 2.05) is 0 Å². The Morgan fingerprint density at radius 2 is 1.89 bits per heavy atom. The van der Waals surface area contributed by atoms with Crippen LogP contribution < -0.4 is 4.74 Å². The van der Waals surface area contributed by atoms with Gasteiger partial charge < -0.3 is 9.84 Å². The van der Waals surface area contributed by atoms with Crippen molar-refractivity contribution in [1.82, 2.24) is 0 Å². The van der Waals surface area contributed by atoms with Crippen molar-refractivity contribution in [3.8, 4) is 5.75 Å². The normalized spacial score (nSPS) is 10.2. The van der Waals surface area contributed by atoms with Gasteiger partial charge in [0.25, 0.3) is 0 Å². The van der Waals surface area contributed by atoms with E-state index < -0.39 is 11.9 Å². The zero-order valence-electron chi connectivity index (χ0n) is 10.3. The monoisotopic (exact) mass is 256 g/mol. The molecule has 0 fully saturated rings. The predicted molar refractivity (Wildman–Crippen MR) is 71.4 cm³/mol. The van der Waals surface area contributed by atoms with Gasteiger partial charge >= 0.3 is 11.9 Å². The number of carbonyl (C=O) groups excluding carboxylic acids is 1. The number of hydrogen-bond acceptors (Lipinski definition) is 3. The molecule has 0 saturated heterocycles. The van der Waals surface area contributed by atoms with Gasteiger partial charge in [-0.1, -0.05) is 30.8 Å². The number of esters is 1. The van der Waals surface area contributed by atoms with Gasteiger partial charge in [-0.3, -0.25) is 0 Å². The second kappa shape index (κ2) is 4.94. The molecule has 19 heavy (non-hydrogen) atoms. The van der Waals surface area contributed by atoms with E-state index in [2.05, 4.69) is 6.58 Å². The van der Waals surface area contributed by atoms with Crippen LogP contribution in [0.2, 0.25) is 0 Å². The molecule has 0 atom stereocenters. The summed E-state index contributed by atoms with van der Waals surface area (Å²) in [4.78, 5) is 22.6. The minimum atomic E-state index is -1.07. The fraction of sp³-hybridized carbons (Fsp3) is 0.0667. The van der Waals surface area contributed by atoms with E-state index in [9.17, 15) is 9.59 Å². The van der Waals surface area contributed by atoms with Crippen LogP contribution >= 0.6 is 0 Å². The Morgan fingerprint density at radius 1 is 1.21 bits per heavy atom. The summed E-state index contributed by atoms with van der Waals surface area (Å²) in [7, 11) is 0. The van der Waals surface area contributed by atoms with Gasteiger partial charge in [-0.25, -0.2) is 9.59 Å². The Balaban J connectivity index is 2.59. The van der Waals surface area contributed by atoms with Gasteiger partial charge in [0.05, 0.1) is 5.56 Å². The number of carboxylic acid groups (broad SMARTS) is 1. The van der Waals surface area contributed by atoms with Crippen LogP contribution in [-0.4, -0.2) is 17.0 Å². The lowest BCUT2D eigenvalue weighted by atomic mass is 10.1. The largest absolute Gasteiger partial charge is 0.478 e. The zero-order chi connectivity index (χ0) is 14.0. The van der Waals surface area contributed by atoms with Gasteiger partial charge in [0, 0.05) is 11.0 Å². The first-order valence-corrected chi connectivity index (χ1v) is 5.63. The summed E-state index contributed by atoms with van der Waals surface area (Å²) in [5.74, 6) is -1.42. The van der Waals surface area contributed by atoms with E-state index >= 15 is 0 Å². The van der Waals surface area contributed by atoms with E-state index in [0.717, 1.165) is 0 Å². The molecule has 0 saturated carbocycles. The highest BCUT2D eigenvalue weighted by atomic mass is 16.5. The Labute approximate surface area is 109 Å². The summed E-state index contributed by atoms with van der Waals surface area (Å²) >= 11 is 0. The molecule has 0 bridgehead atoms. The standard InChI is InChI=1S/C15H12O4/c1-9(2)15(18)19-13-8-11(14(16)17)7-10-5-3-4-6-12(10)13/h3-8H,1H2,2H3,(H,16,17). The Hall–Kier alpha value is -2.62. The van der Waals surface area contributed by atoms with E-state index in [-0.39, 0.29) is 16.9 Å². The molecule has 2 aromatic carbocycles. The second-order valence-corrected chi connectivity index (χ2v) is 4.17. The lowest BCUT2D eigenvalue weighted by molar-refractivity contribution is -0.129. The molecule has 0 radical (unpaired) electrons. The Bertz CT molecular complexity index is 686. The average Bonchev–Trinajstić information content (AvgIpc) is 2.38. The third-order valence-electron chi connectivity index (χ3n) is 2.62. The van der Waals surface area contributed by atoms with Crippen LogP contribution in [-0.2, 0) is 4.79 Å². The maximum absolute atomic E-state index is 11.6. The fourth-order valence-electron chi connectivity index (χ4n) is 1.67. The summed E-state index contributed by atoms with van der Waals surface area (Å²) in [6.45, 7) is 5.03. The molecule has 0 aliphatic heterocycles. The minimum absolute atomic E-state index is 0.0724. The van der Waals surface area contributed by atoms with Gasteiger partial charge in [0.1, 0.15) is 5.75 Å². The van der Waals surface area contributed by atoms with Crippen molar-refractivity contribution in [3.63, 3.8) is 0 Å². The third-order valence-corrected chi connectivity index (χ3v) is 2.62. The van der Waals surface area contributed by atoms with Crippen LogP contribution in [0.4, 0.5) is 0 Å². The molecule has 2 aromatic rings. The second-order valence-electron chi connectivity index (χ2n) is 4.17. The molecule has 1 N–H and O–H groups in total. The number of carboxylic acids is 1. The highest BCUT2D eigenvalue weighted by molar-refractivity contribution is 5.99. The number of ether oxygens (including phenoxy) is 1. The number of benzene rings is 2. The Morgan fingerprint density at radius 3 is 2.53 bits per heavy atom. The minimum Gasteiger partial charge on any atom is -0.478 e. The highest BCUT2D eigenvalue weighted by Gasteiger charge is 2.13. The molecule has 4 heteroatoms. The van der Waals surface area contributed by atoms with E-state index in [1.54, 1.807) is 24.3 Å². The number of carbonyl (C=O) groups is 2. The molecule has 0 aliphatic carbocycles. The molecule has 0 amide bonds. The van der Waals surface area contributed by atoms with Gasteiger partial charge in [-0.2, -0.15) is 0 Å². The summed E-state index contributed by atoms with van der Waals surface area (Å²) < 4.78 is 5.18. The summed E-state index contributed by atoms with van der Waals surface area (Å²) in [6, 6.07) is 9.99.